The van der Waals surface area contributed by atoms with Crippen molar-refractivity contribution >= 4 is 6.03 Å². The Labute approximate surface area is 40.0 Å². The van der Waals surface area contributed by atoms with E-state index in [4.69, 9.17) is 0 Å². The lowest BCUT2D eigenvalue weighted by molar-refractivity contribution is 0.211. The van der Waals surface area contributed by atoms with Gasteiger partial charge in [-0.1, -0.05) is 10.5 Å². The van der Waals surface area contributed by atoms with Crippen molar-refractivity contribution < 1.29 is 4.79 Å². The number of carbonyl (C=O) groups excluding carboxylic acids is 1. The molecule has 0 saturated carbocycles. The molecule has 37 valence electrons. The predicted molar refractivity (Wildman–Crippen MR) is 20.9 cm³/mol. The monoisotopic (exact) mass is 100 g/mol. The summed E-state index contributed by atoms with van der Waals surface area (Å²) in [6.45, 7) is 0. The van der Waals surface area contributed by atoms with Crippen LogP contribution < -0.4 is 10.6 Å². The largest absolute Gasteiger partial charge is 0.528 e. The standard InChI is InChI=1S/C2H4N4O/c1-6-2(7)3-4-5-6/h5H,1H3/q+1. The highest BCUT2D eigenvalue weighted by Crippen LogP contribution is 1.81. The smallest absolute Gasteiger partial charge is 0.204 e. The van der Waals surface area contributed by atoms with Crippen LogP contribution in [0.15, 0.2) is 5.22 Å². The highest BCUT2D eigenvalue weighted by Gasteiger charge is 2.23. The molecule has 1 radical (unpaired) electrons. The molecule has 7 heavy (non-hydrogen) atoms. The third kappa shape index (κ3) is 0.510. The van der Waals surface area contributed by atoms with E-state index < -0.39 is 0 Å². The summed E-state index contributed by atoms with van der Waals surface area (Å²) in [5, 5.41) is 7.50. The van der Waals surface area contributed by atoms with Crippen molar-refractivity contribution in [3.05, 3.63) is 0 Å². The third-order valence-corrected chi connectivity index (χ3v) is 0.617. The molecule has 1 rings (SSSR count). The summed E-state index contributed by atoms with van der Waals surface area (Å²) in [6, 6.07) is -0.361. The Kier molecular flexibility index (Phi) is 0.680. The van der Waals surface area contributed by atoms with Gasteiger partial charge in [0.25, 0.3) is 0 Å². The number of nitrogens with zero attached hydrogens (tertiary/aromatic N) is 3. The first-order valence-electron chi connectivity index (χ1n) is 1.75. The zero-order valence-electron chi connectivity index (χ0n) is 3.75. The van der Waals surface area contributed by atoms with Crippen molar-refractivity contribution in [2.75, 3.05) is 7.05 Å². The van der Waals surface area contributed by atoms with Gasteiger partial charge in [-0.2, -0.15) is 0 Å². The average Bonchev–Trinajstić information content (AvgIpc) is 1.91. The zero-order chi connectivity index (χ0) is 5.28. The summed E-state index contributed by atoms with van der Waals surface area (Å²) in [6.07, 6.45) is 0. The van der Waals surface area contributed by atoms with Gasteiger partial charge >= 0.3 is 6.03 Å². The summed E-state index contributed by atoms with van der Waals surface area (Å²) >= 11 is 0. The molecule has 5 nitrogen and oxygen atoms in total. The summed E-state index contributed by atoms with van der Waals surface area (Å²) < 4.78 is 0. The first-order valence-corrected chi connectivity index (χ1v) is 1.75. The van der Waals surface area contributed by atoms with Crippen LogP contribution in [0.2, 0.25) is 0 Å². The SMILES string of the molecule is CN1NN=[N+]C1=O. The minimum absolute atomic E-state index is 0.361. The molecule has 0 bridgehead atoms. The van der Waals surface area contributed by atoms with Gasteiger partial charge < -0.3 is 0 Å². The fourth-order valence-electron chi connectivity index (χ4n) is 0.242. The molecule has 0 aliphatic carbocycles. The topological polar surface area (TPSA) is 58.8 Å². The number of hydrazine groups is 1. The molecular weight excluding hydrogens is 96.0 g/mol. The molecule has 0 unspecified atom stereocenters. The number of urea groups is 1. The van der Waals surface area contributed by atoms with Crippen LogP contribution in [0, 0.1) is 0 Å². The van der Waals surface area contributed by atoms with Gasteiger partial charge in [0, 0.05) is 0 Å². The zero-order valence-corrected chi connectivity index (χ0v) is 3.75. The first-order chi connectivity index (χ1) is 3.30. The quantitative estimate of drug-likeness (QED) is 0.435. The van der Waals surface area contributed by atoms with E-state index in [1.165, 1.54) is 5.01 Å². The molecule has 1 aliphatic heterocycles. The Morgan fingerprint density at radius 3 is 2.86 bits per heavy atom. The van der Waals surface area contributed by atoms with Gasteiger partial charge in [0.2, 0.25) is 0 Å². The minimum Gasteiger partial charge on any atom is -0.204 e. The molecule has 0 atom stereocenters. The van der Waals surface area contributed by atoms with Gasteiger partial charge in [0.15, 0.2) is 0 Å². The Hall–Kier alpha value is -1.13. The van der Waals surface area contributed by atoms with Crippen molar-refractivity contribution in [3.63, 3.8) is 0 Å². The summed E-state index contributed by atoms with van der Waals surface area (Å²) in [7, 11) is 1.54. The van der Waals surface area contributed by atoms with Crippen molar-refractivity contribution in [2.24, 2.45) is 5.22 Å². The van der Waals surface area contributed by atoms with Crippen molar-refractivity contribution in [1.82, 2.24) is 15.7 Å². The maximum Gasteiger partial charge on any atom is 0.528 e. The van der Waals surface area contributed by atoms with Crippen LogP contribution in [0.3, 0.4) is 0 Å². The summed E-state index contributed by atoms with van der Waals surface area (Å²) in [5.41, 5.74) is 2.31. The molecule has 0 aromatic carbocycles. The van der Waals surface area contributed by atoms with Crippen LogP contribution in [0.4, 0.5) is 4.79 Å². The lowest BCUT2D eigenvalue weighted by atomic mass is 11.0. The van der Waals surface area contributed by atoms with Gasteiger partial charge in [-0.3, -0.25) is 0 Å². The number of hydrogen-bond acceptors (Lipinski definition) is 3. The van der Waals surface area contributed by atoms with E-state index >= 15 is 0 Å². The van der Waals surface area contributed by atoms with E-state index in [1.54, 1.807) is 7.05 Å². The molecule has 0 fully saturated rings. The first kappa shape index (κ1) is 4.04. The van der Waals surface area contributed by atoms with Crippen LogP contribution >= 0.6 is 0 Å². The van der Waals surface area contributed by atoms with Crippen LogP contribution in [0.1, 0.15) is 0 Å². The number of amides is 2. The number of hydrogen-bond donors (Lipinski definition) is 1. The van der Waals surface area contributed by atoms with Crippen LogP contribution in [-0.4, -0.2) is 18.1 Å². The number of carbonyl (C=O) groups is 1. The molecule has 0 saturated heterocycles. The van der Waals surface area contributed by atoms with Gasteiger partial charge in [0.05, 0.1) is 12.2 Å². The van der Waals surface area contributed by atoms with E-state index in [0.717, 1.165) is 0 Å². The van der Waals surface area contributed by atoms with Gasteiger partial charge in [-0.25, -0.2) is 4.79 Å². The van der Waals surface area contributed by atoms with E-state index in [0.29, 0.717) is 0 Å². The minimum atomic E-state index is -0.361. The van der Waals surface area contributed by atoms with Crippen LogP contribution in [-0.2, 0) is 0 Å². The van der Waals surface area contributed by atoms with Crippen molar-refractivity contribution in [1.29, 1.82) is 0 Å². The highest BCUT2D eigenvalue weighted by molar-refractivity contribution is 5.72. The number of rotatable bonds is 0. The Morgan fingerprint density at radius 2 is 2.71 bits per heavy atom. The predicted octanol–water partition coefficient (Wildman–Crippen LogP) is -0.741. The normalized spacial score (nSPS) is 17.9. The second kappa shape index (κ2) is 1.18. The fraction of sp³-hybridized carbons (Fsp3) is 0.500. The lowest BCUT2D eigenvalue weighted by Crippen LogP contribution is -2.29. The molecule has 2 amide bonds. The number of nitrogens with one attached hydrogen (secondary N) is 1. The van der Waals surface area contributed by atoms with Crippen molar-refractivity contribution in [2.45, 2.75) is 0 Å². The van der Waals surface area contributed by atoms with Gasteiger partial charge in [-0.15, -0.1) is 0 Å². The summed E-state index contributed by atoms with van der Waals surface area (Å²) in [4.78, 5) is 10.2. The van der Waals surface area contributed by atoms with Crippen molar-refractivity contribution in [3.8, 4) is 0 Å². The lowest BCUT2D eigenvalue weighted by Gasteiger charge is -1.87. The Morgan fingerprint density at radius 1 is 2.00 bits per heavy atom. The molecule has 0 aromatic rings. The molecule has 1 aliphatic rings. The second-order valence-electron chi connectivity index (χ2n) is 1.14. The Balaban J connectivity index is 2.62. The van der Waals surface area contributed by atoms with Gasteiger partial charge in [0.1, 0.15) is 5.22 Å². The molecule has 0 spiro atoms. The maximum absolute atomic E-state index is 10.2. The Bertz CT molecular complexity index is 119. The van der Waals surface area contributed by atoms with E-state index in [9.17, 15) is 4.79 Å². The van der Waals surface area contributed by atoms with E-state index in [-0.39, 0.29) is 6.03 Å². The molecule has 5 heteroatoms. The van der Waals surface area contributed by atoms with Crippen LogP contribution in [0.5, 0.6) is 0 Å². The molecule has 1 heterocycles. The van der Waals surface area contributed by atoms with E-state index in [1.807, 2.05) is 0 Å². The molecular formula is C2H4N4O+. The fourth-order valence-corrected chi connectivity index (χ4v) is 0.242. The molecule has 0 aromatic heterocycles. The molecule has 1 N–H and O–H groups in total. The maximum atomic E-state index is 10.2. The van der Waals surface area contributed by atoms with Crippen LogP contribution in [0.25, 0.3) is 0 Å². The average molecular weight is 100 g/mol. The second-order valence-corrected chi connectivity index (χ2v) is 1.14. The van der Waals surface area contributed by atoms with Gasteiger partial charge in [-0.05, 0) is 0 Å². The van der Waals surface area contributed by atoms with E-state index in [2.05, 4.69) is 15.9 Å². The highest BCUT2D eigenvalue weighted by atomic mass is 16.2. The summed E-state index contributed by atoms with van der Waals surface area (Å²) in [5.74, 6) is 0. The third-order valence-electron chi connectivity index (χ3n) is 0.617.